The maximum atomic E-state index is 14.3. The number of aliphatic hydroxyl groups is 10. The quantitative estimate of drug-likeness (QED) is 0.00886. The van der Waals surface area contributed by atoms with Gasteiger partial charge in [-0.3, -0.25) is 23.4 Å². The zero-order valence-corrected chi connectivity index (χ0v) is 61.4. The number of hydrogen-bond acceptors (Lipinski definition) is 23. The molecule has 2 heterocycles. The third-order valence-electron chi connectivity index (χ3n) is 19.0. The SMILES string of the molecule is CCCCCCCC/C=C\CCCCCC(=O)OCC(COP(=O)(O)OC1C(OC2OC(CO)C(O)C(O)C2O)C(O)C(O)C(O)C1OC1OC(COC(=O)CCCCCCCCCCCCCCCCCCC)C(O)C(O)C1O)OC(=O)CCCCC/C=C\CCCCCCCCC. The van der Waals surface area contributed by atoms with Crippen LogP contribution in [-0.2, 0) is 61.2 Å². The minimum absolute atomic E-state index is 0.0222. The molecule has 580 valence electrons. The van der Waals surface area contributed by atoms with Crippen LogP contribution in [0.15, 0.2) is 24.3 Å². The topological polar surface area (TPSA) is 374 Å². The van der Waals surface area contributed by atoms with E-state index in [-0.39, 0.29) is 19.3 Å². The Balaban J connectivity index is 1.72. The summed E-state index contributed by atoms with van der Waals surface area (Å²) in [5.41, 5.74) is 0. The number of aliphatic hydroxyl groups excluding tert-OH is 10. The second-order valence-corrected chi connectivity index (χ2v) is 29.1. The second-order valence-electron chi connectivity index (χ2n) is 27.7. The van der Waals surface area contributed by atoms with E-state index in [0.717, 1.165) is 89.9 Å². The van der Waals surface area contributed by atoms with E-state index in [9.17, 15) is 74.9 Å². The van der Waals surface area contributed by atoms with Crippen LogP contribution in [-0.4, -0.2) is 204 Å². The van der Waals surface area contributed by atoms with Crippen LogP contribution in [0.3, 0.4) is 0 Å². The Morgan fingerprint density at radius 1 is 0.384 bits per heavy atom. The van der Waals surface area contributed by atoms with Gasteiger partial charge >= 0.3 is 25.7 Å². The molecule has 0 bridgehead atoms. The molecule has 3 rings (SSSR count). The summed E-state index contributed by atoms with van der Waals surface area (Å²) in [6.07, 6.45) is 16.7. The van der Waals surface area contributed by atoms with Crippen molar-refractivity contribution in [2.24, 2.45) is 0 Å². The first-order chi connectivity index (χ1) is 47.8. The van der Waals surface area contributed by atoms with Gasteiger partial charge in [0.25, 0.3) is 0 Å². The number of ether oxygens (including phenoxy) is 7. The lowest BCUT2D eigenvalue weighted by atomic mass is 9.84. The molecule has 0 aromatic rings. The van der Waals surface area contributed by atoms with Crippen molar-refractivity contribution in [2.75, 3.05) is 26.4 Å². The van der Waals surface area contributed by atoms with E-state index < -0.39 is 156 Å². The summed E-state index contributed by atoms with van der Waals surface area (Å²) in [6, 6.07) is 0. The first-order valence-corrected chi connectivity index (χ1v) is 40.1. The first-order valence-electron chi connectivity index (χ1n) is 38.6. The molecule has 0 aromatic carbocycles. The highest BCUT2D eigenvalue weighted by molar-refractivity contribution is 7.47. The van der Waals surface area contributed by atoms with Crippen molar-refractivity contribution >= 4 is 25.7 Å². The van der Waals surface area contributed by atoms with E-state index in [1.54, 1.807) is 0 Å². The Morgan fingerprint density at radius 2 is 0.707 bits per heavy atom. The summed E-state index contributed by atoms with van der Waals surface area (Å²) in [4.78, 5) is 51.0. The fourth-order valence-electron chi connectivity index (χ4n) is 12.6. The number of allylic oxidation sites excluding steroid dienone is 4. The predicted octanol–water partition coefficient (Wildman–Crippen LogP) is 10.9. The molecule has 0 aromatic heterocycles. The van der Waals surface area contributed by atoms with E-state index in [1.165, 1.54) is 141 Å². The van der Waals surface area contributed by atoms with Crippen LogP contribution in [0.5, 0.6) is 0 Å². The van der Waals surface area contributed by atoms with Crippen molar-refractivity contribution in [3.05, 3.63) is 24.3 Å². The molecule has 2 saturated heterocycles. The van der Waals surface area contributed by atoms with Gasteiger partial charge in [-0.1, -0.05) is 231 Å². The lowest BCUT2D eigenvalue weighted by Gasteiger charge is -2.49. The summed E-state index contributed by atoms with van der Waals surface area (Å²) >= 11 is 0. The Labute approximate surface area is 592 Å². The zero-order valence-electron chi connectivity index (χ0n) is 60.5. The van der Waals surface area contributed by atoms with Gasteiger partial charge in [0.05, 0.1) is 13.2 Å². The van der Waals surface area contributed by atoms with E-state index in [0.29, 0.717) is 25.7 Å². The van der Waals surface area contributed by atoms with Crippen LogP contribution in [0, 0.1) is 0 Å². The monoisotopic (exact) mass is 1440 g/mol. The minimum atomic E-state index is -5.70. The molecule has 18 unspecified atom stereocenters. The Kier molecular flexibility index (Phi) is 51.2. The Bertz CT molecular complexity index is 2140. The third kappa shape index (κ3) is 38.9. The predicted molar refractivity (Wildman–Crippen MR) is 374 cm³/mol. The van der Waals surface area contributed by atoms with Crippen molar-refractivity contribution in [3.63, 3.8) is 0 Å². The van der Waals surface area contributed by atoms with Crippen molar-refractivity contribution in [2.45, 2.75) is 401 Å². The van der Waals surface area contributed by atoms with Gasteiger partial charge in [-0.05, 0) is 70.6 Å². The molecule has 11 N–H and O–H groups in total. The van der Waals surface area contributed by atoms with Gasteiger partial charge in [-0.25, -0.2) is 4.57 Å². The summed E-state index contributed by atoms with van der Waals surface area (Å²) in [5, 5.41) is 110. The smallest absolute Gasteiger partial charge is 0.463 e. The van der Waals surface area contributed by atoms with Crippen molar-refractivity contribution in [3.8, 4) is 0 Å². The minimum Gasteiger partial charge on any atom is -0.463 e. The largest absolute Gasteiger partial charge is 0.472 e. The number of hydrogen-bond donors (Lipinski definition) is 11. The average molecular weight is 1440 g/mol. The van der Waals surface area contributed by atoms with Gasteiger partial charge in [-0.2, -0.15) is 0 Å². The van der Waals surface area contributed by atoms with Crippen LogP contribution in [0.25, 0.3) is 0 Å². The molecule has 18 atom stereocenters. The number of esters is 3. The van der Waals surface area contributed by atoms with Crippen LogP contribution < -0.4 is 0 Å². The molecular formula is C74H135O24P. The molecule has 0 radical (unpaired) electrons. The molecule has 0 amide bonds. The van der Waals surface area contributed by atoms with Crippen molar-refractivity contribution in [1.29, 1.82) is 0 Å². The fraction of sp³-hybridized carbons (Fsp3) is 0.905. The normalized spacial score (nSPS) is 27.6. The number of carbonyl (C=O) groups excluding carboxylic acids is 3. The van der Waals surface area contributed by atoms with Gasteiger partial charge < -0.3 is 89.1 Å². The number of carbonyl (C=O) groups is 3. The number of rotatable bonds is 60. The molecule has 1 saturated carbocycles. The molecule has 25 heteroatoms. The fourth-order valence-corrected chi connectivity index (χ4v) is 13.6. The van der Waals surface area contributed by atoms with Crippen LogP contribution in [0.2, 0.25) is 0 Å². The summed E-state index contributed by atoms with van der Waals surface area (Å²) in [6.45, 7) is 3.42. The Morgan fingerprint density at radius 3 is 1.10 bits per heavy atom. The molecule has 1 aliphatic carbocycles. The number of unbranched alkanes of at least 4 members (excludes halogenated alkanes) is 35. The van der Waals surface area contributed by atoms with Gasteiger partial charge in [-0.15, -0.1) is 0 Å². The maximum Gasteiger partial charge on any atom is 0.472 e. The summed E-state index contributed by atoms with van der Waals surface area (Å²) in [7, 11) is -5.70. The molecule has 2 aliphatic heterocycles. The highest BCUT2D eigenvalue weighted by Gasteiger charge is 2.58. The first kappa shape index (κ1) is 90.7. The molecule has 24 nitrogen and oxygen atoms in total. The molecule has 0 spiro atoms. The third-order valence-corrected chi connectivity index (χ3v) is 19.9. The molecule has 99 heavy (non-hydrogen) atoms. The lowest BCUT2D eigenvalue weighted by Crippen LogP contribution is -2.69. The lowest BCUT2D eigenvalue weighted by molar-refractivity contribution is -0.360. The average Bonchev–Trinajstić information content (AvgIpc) is 0.762. The van der Waals surface area contributed by atoms with Crippen LogP contribution in [0.1, 0.15) is 297 Å². The van der Waals surface area contributed by atoms with Crippen molar-refractivity contribution in [1.82, 2.24) is 0 Å². The highest BCUT2D eigenvalue weighted by Crippen LogP contribution is 2.49. The summed E-state index contributed by atoms with van der Waals surface area (Å²) < 4.78 is 65.0. The van der Waals surface area contributed by atoms with E-state index in [4.69, 9.17) is 42.2 Å². The summed E-state index contributed by atoms with van der Waals surface area (Å²) in [5.74, 6) is -2.02. The van der Waals surface area contributed by atoms with Gasteiger partial charge in [0.1, 0.15) is 98.7 Å². The van der Waals surface area contributed by atoms with Crippen LogP contribution >= 0.6 is 7.82 Å². The van der Waals surface area contributed by atoms with E-state index >= 15 is 0 Å². The standard InChI is InChI=1S/C74H135O24P/c1-4-7-10-13-16-19-22-25-27-28-29-32-34-37-40-43-46-49-59(77)91-54-57-62(80)64(82)69(87)74(95-57)97-71-67(85)65(83)66(84)70(96-73-68(86)63(81)61(79)56(51-75)94-73)72(71)98-99(88,89)92-53-55(52-90-58(76)48-45-42-39-36-33-30-24-21-18-15-12-9-6-3)93-60(78)50-47-44-41-38-35-31-26-23-20-17-14-11-8-5-2/h30-31,33,35,55-57,61-75,79-87H,4-29,32,34,36-54H2,1-3H3,(H,88,89)/b33-30-,35-31-. The number of phosphoric ester groups is 1. The van der Waals surface area contributed by atoms with Gasteiger partial charge in [0, 0.05) is 19.3 Å². The second kappa shape index (κ2) is 55.9. The van der Waals surface area contributed by atoms with Crippen LogP contribution in [0.4, 0.5) is 0 Å². The maximum absolute atomic E-state index is 14.3. The van der Waals surface area contributed by atoms with Crippen molar-refractivity contribution < 1.29 is 117 Å². The van der Waals surface area contributed by atoms with Gasteiger partial charge in [0.15, 0.2) is 18.7 Å². The zero-order chi connectivity index (χ0) is 72.5. The Hall–Kier alpha value is -2.56. The van der Waals surface area contributed by atoms with E-state index in [2.05, 4.69) is 45.1 Å². The molecular weight excluding hydrogens is 1300 g/mol. The molecule has 3 fully saturated rings. The van der Waals surface area contributed by atoms with Gasteiger partial charge in [0.2, 0.25) is 0 Å². The highest BCUT2D eigenvalue weighted by atomic mass is 31.2. The number of phosphoric acid groups is 1. The molecule has 3 aliphatic rings. The van der Waals surface area contributed by atoms with E-state index in [1.807, 2.05) is 0 Å².